The first kappa shape index (κ1) is 29.8. The average Bonchev–Trinajstić information content (AvgIpc) is 2.93. The second-order valence-electron chi connectivity index (χ2n) is 8.75. The Morgan fingerprint density at radius 3 is 2.51 bits per heavy atom. The number of anilines is 1. The summed E-state index contributed by atoms with van der Waals surface area (Å²) in [6, 6.07) is 14.5. The van der Waals surface area contributed by atoms with Crippen LogP contribution in [0.3, 0.4) is 0 Å². The van der Waals surface area contributed by atoms with E-state index in [4.69, 9.17) is 50.0 Å². The predicted molar refractivity (Wildman–Crippen MR) is 162 cm³/mol. The van der Waals surface area contributed by atoms with E-state index in [0.29, 0.717) is 35.7 Å². The molecule has 1 heterocycles. The number of nitrogens with one attached hydrogen (secondary N) is 1. The number of nitrogens with zero attached hydrogens (tertiary/aromatic N) is 1. The van der Waals surface area contributed by atoms with Gasteiger partial charge in [0.25, 0.3) is 11.8 Å². The Labute approximate surface area is 251 Å². The maximum Gasteiger partial charge on any atom is 0.335 e. The number of carbonyl (C=O) groups excluding carboxylic acids is 2. The van der Waals surface area contributed by atoms with Gasteiger partial charge in [-0.05, 0) is 79.2 Å². The number of thiocarbonyl (C=S) groups is 1. The van der Waals surface area contributed by atoms with Crippen LogP contribution >= 0.6 is 35.4 Å². The summed E-state index contributed by atoms with van der Waals surface area (Å²) in [5, 5.41) is 11.9. The van der Waals surface area contributed by atoms with Crippen molar-refractivity contribution in [3.63, 3.8) is 0 Å². The molecule has 11 heteroatoms. The highest BCUT2D eigenvalue weighted by Gasteiger charge is 2.36. The maximum absolute atomic E-state index is 13.5. The highest BCUT2D eigenvalue weighted by Crippen LogP contribution is 2.37. The van der Waals surface area contributed by atoms with Crippen molar-refractivity contribution in [1.82, 2.24) is 5.32 Å². The molecule has 0 aliphatic carbocycles. The number of hydrogen-bond donors (Lipinski definition) is 2. The van der Waals surface area contributed by atoms with Crippen molar-refractivity contribution in [2.45, 2.75) is 20.0 Å². The number of carboxylic acid groups (broad SMARTS) is 1. The van der Waals surface area contributed by atoms with E-state index in [2.05, 4.69) is 11.9 Å². The van der Waals surface area contributed by atoms with Gasteiger partial charge >= 0.3 is 5.97 Å². The minimum absolute atomic E-state index is 0.117. The number of halogens is 2. The molecular weight excluding hydrogens is 587 g/mol. The zero-order valence-electron chi connectivity index (χ0n) is 21.8. The first-order chi connectivity index (χ1) is 19.6. The van der Waals surface area contributed by atoms with Crippen LogP contribution in [-0.2, 0) is 22.6 Å². The van der Waals surface area contributed by atoms with Crippen molar-refractivity contribution in [3.05, 3.63) is 105 Å². The molecule has 41 heavy (non-hydrogen) atoms. The molecule has 2 N–H and O–H groups in total. The summed E-state index contributed by atoms with van der Waals surface area (Å²) in [5.74, 6) is -1.49. The lowest BCUT2D eigenvalue weighted by atomic mass is 10.0. The Morgan fingerprint density at radius 2 is 1.85 bits per heavy atom. The Hall–Kier alpha value is -4.18. The summed E-state index contributed by atoms with van der Waals surface area (Å²) in [4.78, 5) is 38.7. The van der Waals surface area contributed by atoms with Gasteiger partial charge in [0.1, 0.15) is 12.2 Å². The topological polar surface area (TPSA) is 105 Å². The molecule has 0 saturated carbocycles. The summed E-state index contributed by atoms with van der Waals surface area (Å²) in [7, 11) is 0. The zero-order valence-corrected chi connectivity index (χ0v) is 24.1. The second kappa shape index (κ2) is 13.0. The van der Waals surface area contributed by atoms with Crippen molar-refractivity contribution < 1.29 is 29.0 Å². The van der Waals surface area contributed by atoms with E-state index in [1.54, 1.807) is 48.5 Å². The normalized spacial score (nSPS) is 14.2. The van der Waals surface area contributed by atoms with Gasteiger partial charge in [0.2, 0.25) is 0 Å². The van der Waals surface area contributed by atoms with Crippen molar-refractivity contribution in [2.24, 2.45) is 0 Å². The van der Waals surface area contributed by atoms with Crippen molar-refractivity contribution >= 4 is 70.1 Å². The molecule has 2 amide bonds. The highest BCUT2D eigenvalue weighted by atomic mass is 35.5. The fraction of sp³-hybridized carbons (Fsp3) is 0.133. The first-order valence-electron chi connectivity index (χ1n) is 12.4. The summed E-state index contributed by atoms with van der Waals surface area (Å²) in [6.07, 6.45) is 3.53. The quantitative estimate of drug-likeness (QED) is 0.121. The molecular formula is C30H24Cl2N2O6S. The van der Waals surface area contributed by atoms with Gasteiger partial charge in [-0.15, -0.1) is 6.58 Å². The Bertz CT molecular complexity index is 1590. The third-order valence-electron chi connectivity index (χ3n) is 5.99. The average molecular weight is 612 g/mol. The molecule has 0 unspecified atom stereocenters. The molecule has 210 valence electrons. The van der Waals surface area contributed by atoms with Crippen molar-refractivity contribution in [2.75, 3.05) is 11.5 Å². The largest absolute Gasteiger partial charge is 0.490 e. The van der Waals surface area contributed by atoms with Gasteiger partial charge < -0.3 is 14.6 Å². The number of ether oxygens (including phenoxy) is 2. The lowest BCUT2D eigenvalue weighted by molar-refractivity contribution is -0.122. The van der Waals surface area contributed by atoms with Gasteiger partial charge in [-0.1, -0.05) is 47.5 Å². The van der Waals surface area contributed by atoms with Gasteiger partial charge in [-0.2, -0.15) is 0 Å². The fourth-order valence-corrected chi connectivity index (χ4v) is 4.76. The van der Waals surface area contributed by atoms with Crippen molar-refractivity contribution in [3.8, 4) is 11.5 Å². The van der Waals surface area contributed by atoms with Crippen LogP contribution < -0.4 is 19.7 Å². The molecule has 3 aromatic carbocycles. The minimum atomic E-state index is -1.01. The van der Waals surface area contributed by atoms with Crippen LogP contribution in [0.15, 0.2) is 72.8 Å². The third-order valence-corrected chi connectivity index (χ3v) is 7.08. The predicted octanol–water partition coefficient (Wildman–Crippen LogP) is 6.23. The highest BCUT2D eigenvalue weighted by molar-refractivity contribution is 7.80. The molecule has 3 aromatic rings. The number of hydrogen-bond acceptors (Lipinski definition) is 6. The maximum atomic E-state index is 13.5. The summed E-state index contributed by atoms with van der Waals surface area (Å²) in [5.41, 5.74) is 2.21. The molecule has 0 radical (unpaired) electrons. The van der Waals surface area contributed by atoms with Gasteiger partial charge in [0.05, 0.1) is 27.9 Å². The third kappa shape index (κ3) is 6.59. The van der Waals surface area contributed by atoms with E-state index in [9.17, 15) is 14.4 Å². The van der Waals surface area contributed by atoms with Crippen LogP contribution in [0, 0.1) is 0 Å². The lowest BCUT2D eigenvalue weighted by Gasteiger charge is -2.29. The molecule has 0 atom stereocenters. The molecule has 1 aliphatic heterocycles. The van der Waals surface area contributed by atoms with E-state index in [1.807, 2.05) is 6.92 Å². The molecule has 1 fully saturated rings. The van der Waals surface area contributed by atoms with Crippen LogP contribution in [0.5, 0.6) is 11.5 Å². The standard InChI is InChI=1S/C30H24Cl2N2O6S/c1-3-6-20-13-18(15-24(39-4-2)26(20)40-16-17-9-11-19(12-10-17)29(37)38)14-21-27(35)33-30(41)34(28(21)36)23-8-5-7-22(31)25(23)32/h3,5,7-15H,1,4,6,16H2,2H3,(H,37,38)(H,33,35,41)/b21-14+. The molecule has 0 aromatic heterocycles. The molecule has 0 bridgehead atoms. The van der Waals surface area contributed by atoms with E-state index in [-0.39, 0.29) is 38.6 Å². The number of carbonyl (C=O) groups is 3. The smallest absolute Gasteiger partial charge is 0.335 e. The second-order valence-corrected chi connectivity index (χ2v) is 9.93. The van der Waals surface area contributed by atoms with E-state index in [1.165, 1.54) is 18.2 Å². The number of rotatable bonds is 10. The number of carboxylic acids is 1. The van der Waals surface area contributed by atoms with Gasteiger partial charge in [0.15, 0.2) is 16.6 Å². The van der Waals surface area contributed by atoms with Gasteiger partial charge in [-0.3, -0.25) is 19.8 Å². The van der Waals surface area contributed by atoms with Crippen molar-refractivity contribution in [1.29, 1.82) is 0 Å². The Morgan fingerprint density at radius 1 is 1.12 bits per heavy atom. The Balaban J connectivity index is 1.71. The molecule has 8 nitrogen and oxygen atoms in total. The number of amides is 2. The summed E-state index contributed by atoms with van der Waals surface area (Å²) < 4.78 is 12.0. The summed E-state index contributed by atoms with van der Waals surface area (Å²) in [6.45, 7) is 6.12. The van der Waals surface area contributed by atoms with Crippen LogP contribution in [0.25, 0.3) is 6.08 Å². The molecule has 0 spiro atoms. The summed E-state index contributed by atoms with van der Waals surface area (Å²) >= 11 is 17.8. The Kier molecular flexibility index (Phi) is 9.44. The van der Waals surface area contributed by atoms with E-state index >= 15 is 0 Å². The van der Waals surface area contributed by atoms with Crippen LogP contribution in [0.2, 0.25) is 10.0 Å². The van der Waals surface area contributed by atoms with E-state index < -0.39 is 17.8 Å². The van der Waals surface area contributed by atoms with Crippen LogP contribution in [0.4, 0.5) is 5.69 Å². The first-order valence-corrected chi connectivity index (χ1v) is 13.5. The number of allylic oxidation sites excluding steroid dienone is 1. The fourth-order valence-electron chi connectivity index (χ4n) is 4.11. The minimum Gasteiger partial charge on any atom is -0.490 e. The monoisotopic (exact) mass is 610 g/mol. The lowest BCUT2D eigenvalue weighted by Crippen LogP contribution is -2.54. The van der Waals surface area contributed by atoms with Gasteiger partial charge in [-0.25, -0.2) is 4.79 Å². The number of aromatic carboxylic acids is 1. The molecule has 4 rings (SSSR count). The molecule has 1 saturated heterocycles. The number of benzene rings is 3. The molecule has 1 aliphatic rings. The zero-order chi connectivity index (χ0) is 29.7. The SMILES string of the molecule is C=CCc1cc(/C=C2\C(=O)NC(=S)N(c3cccc(Cl)c3Cl)C2=O)cc(OCC)c1OCc1ccc(C(=O)O)cc1. The van der Waals surface area contributed by atoms with Crippen LogP contribution in [-0.4, -0.2) is 34.6 Å². The van der Waals surface area contributed by atoms with E-state index in [0.717, 1.165) is 10.5 Å². The van der Waals surface area contributed by atoms with Crippen LogP contribution in [0.1, 0.15) is 34.0 Å². The van der Waals surface area contributed by atoms with Gasteiger partial charge in [0, 0.05) is 5.56 Å².